The molecule has 0 radical (unpaired) electrons. The summed E-state index contributed by atoms with van der Waals surface area (Å²) < 4.78 is 37.0. The SMILES string of the molecule is COc1cccc(OCCN2CC(NS(C)(=O)=O)C(C3CC3)C2)c1. The largest absolute Gasteiger partial charge is 0.497 e. The monoisotopic (exact) mass is 354 g/mol. The highest BCUT2D eigenvalue weighted by molar-refractivity contribution is 7.88. The molecule has 7 heteroatoms. The number of hydrogen-bond donors (Lipinski definition) is 1. The van der Waals surface area contributed by atoms with Crippen LogP contribution in [0.5, 0.6) is 11.5 Å². The quantitative estimate of drug-likeness (QED) is 0.763. The second kappa shape index (κ2) is 7.29. The van der Waals surface area contributed by atoms with Gasteiger partial charge in [-0.25, -0.2) is 13.1 Å². The van der Waals surface area contributed by atoms with Gasteiger partial charge < -0.3 is 9.47 Å². The summed E-state index contributed by atoms with van der Waals surface area (Å²) in [6.07, 6.45) is 3.69. The summed E-state index contributed by atoms with van der Waals surface area (Å²) in [5.41, 5.74) is 0. The maximum Gasteiger partial charge on any atom is 0.209 e. The molecule has 1 N–H and O–H groups in total. The number of sulfonamides is 1. The Balaban J connectivity index is 1.50. The van der Waals surface area contributed by atoms with Gasteiger partial charge in [-0.2, -0.15) is 0 Å². The molecule has 2 atom stereocenters. The van der Waals surface area contributed by atoms with Crippen molar-refractivity contribution < 1.29 is 17.9 Å². The minimum Gasteiger partial charge on any atom is -0.497 e. The fourth-order valence-corrected chi connectivity index (χ4v) is 4.28. The third kappa shape index (κ3) is 4.84. The van der Waals surface area contributed by atoms with Gasteiger partial charge in [0.05, 0.1) is 13.4 Å². The smallest absolute Gasteiger partial charge is 0.209 e. The number of hydrogen-bond acceptors (Lipinski definition) is 5. The molecule has 24 heavy (non-hydrogen) atoms. The molecule has 0 aromatic heterocycles. The van der Waals surface area contributed by atoms with Crippen molar-refractivity contribution in [2.45, 2.75) is 18.9 Å². The summed E-state index contributed by atoms with van der Waals surface area (Å²) in [4.78, 5) is 2.30. The molecule has 1 aromatic rings. The summed E-state index contributed by atoms with van der Waals surface area (Å²) in [7, 11) is -1.53. The number of ether oxygens (including phenoxy) is 2. The summed E-state index contributed by atoms with van der Waals surface area (Å²) in [5.74, 6) is 2.67. The van der Waals surface area contributed by atoms with Crippen molar-refractivity contribution in [1.82, 2.24) is 9.62 Å². The van der Waals surface area contributed by atoms with Gasteiger partial charge in [0.15, 0.2) is 0 Å². The predicted octanol–water partition coefficient (Wildman–Crippen LogP) is 1.33. The van der Waals surface area contributed by atoms with Crippen LogP contribution in [-0.2, 0) is 10.0 Å². The molecule has 1 saturated heterocycles. The highest BCUT2D eigenvalue weighted by Crippen LogP contribution is 2.41. The molecule has 134 valence electrons. The van der Waals surface area contributed by atoms with E-state index < -0.39 is 10.0 Å². The molecule has 1 saturated carbocycles. The molecule has 1 aliphatic heterocycles. The van der Waals surface area contributed by atoms with E-state index >= 15 is 0 Å². The topological polar surface area (TPSA) is 67.9 Å². The first-order valence-electron chi connectivity index (χ1n) is 8.41. The lowest BCUT2D eigenvalue weighted by Gasteiger charge is -2.17. The number of benzene rings is 1. The maximum absolute atomic E-state index is 11.6. The van der Waals surface area contributed by atoms with Crippen LogP contribution >= 0.6 is 0 Å². The number of rotatable bonds is 8. The lowest BCUT2D eigenvalue weighted by atomic mass is 9.99. The van der Waals surface area contributed by atoms with E-state index in [0.717, 1.165) is 31.1 Å². The van der Waals surface area contributed by atoms with Gasteiger partial charge in [-0.1, -0.05) is 6.07 Å². The van der Waals surface area contributed by atoms with Crippen molar-refractivity contribution in [3.8, 4) is 11.5 Å². The summed E-state index contributed by atoms with van der Waals surface area (Å²) >= 11 is 0. The molecule has 0 bridgehead atoms. The van der Waals surface area contributed by atoms with E-state index in [2.05, 4.69) is 9.62 Å². The van der Waals surface area contributed by atoms with Gasteiger partial charge in [0, 0.05) is 31.7 Å². The van der Waals surface area contributed by atoms with Crippen molar-refractivity contribution >= 4 is 10.0 Å². The first-order chi connectivity index (χ1) is 11.4. The maximum atomic E-state index is 11.6. The Morgan fingerprint density at radius 3 is 2.67 bits per heavy atom. The first kappa shape index (κ1) is 17.5. The van der Waals surface area contributed by atoms with Crippen molar-refractivity contribution in [2.75, 3.05) is 39.6 Å². The predicted molar refractivity (Wildman–Crippen MR) is 92.9 cm³/mol. The zero-order valence-corrected chi connectivity index (χ0v) is 15.1. The second-order valence-corrected chi connectivity index (χ2v) is 8.56. The van der Waals surface area contributed by atoms with Crippen molar-refractivity contribution in [1.29, 1.82) is 0 Å². The third-order valence-corrected chi connectivity index (χ3v) is 5.48. The van der Waals surface area contributed by atoms with Crippen molar-refractivity contribution in [2.24, 2.45) is 11.8 Å². The van der Waals surface area contributed by atoms with E-state index in [1.807, 2.05) is 24.3 Å². The van der Waals surface area contributed by atoms with Crippen LogP contribution in [-0.4, -0.2) is 59.0 Å². The lowest BCUT2D eigenvalue weighted by molar-refractivity contribution is 0.230. The van der Waals surface area contributed by atoms with Crippen molar-refractivity contribution in [3.05, 3.63) is 24.3 Å². The molecule has 0 spiro atoms. The first-order valence-corrected chi connectivity index (χ1v) is 10.3. The fraction of sp³-hybridized carbons (Fsp3) is 0.647. The van der Waals surface area contributed by atoms with Crippen LogP contribution in [0.1, 0.15) is 12.8 Å². The normalized spacial score (nSPS) is 24.9. The Bertz CT molecular complexity index is 660. The molecule has 2 fully saturated rings. The van der Waals surface area contributed by atoms with Crippen LogP contribution in [0, 0.1) is 11.8 Å². The van der Waals surface area contributed by atoms with Gasteiger partial charge in [0.1, 0.15) is 18.1 Å². The van der Waals surface area contributed by atoms with Crippen LogP contribution < -0.4 is 14.2 Å². The summed E-state index contributed by atoms with van der Waals surface area (Å²) in [6.45, 7) is 3.08. The Kier molecular flexibility index (Phi) is 5.32. The van der Waals surface area contributed by atoms with Gasteiger partial charge in [0.25, 0.3) is 0 Å². The highest BCUT2D eigenvalue weighted by atomic mass is 32.2. The molecular weight excluding hydrogens is 328 g/mol. The minimum absolute atomic E-state index is 0.0318. The highest BCUT2D eigenvalue weighted by Gasteiger charge is 2.43. The molecule has 2 aliphatic rings. The average Bonchev–Trinajstić information content (AvgIpc) is 3.29. The second-order valence-electron chi connectivity index (χ2n) is 6.78. The van der Waals surface area contributed by atoms with E-state index in [1.54, 1.807) is 7.11 Å². The van der Waals surface area contributed by atoms with Gasteiger partial charge >= 0.3 is 0 Å². The molecule has 1 heterocycles. The Labute approximate surface area is 144 Å². The molecule has 1 aromatic carbocycles. The molecule has 1 aliphatic carbocycles. The van der Waals surface area contributed by atoms with Crippen LogP contribution in [0.4, 0.5) is 0 Å². The van der Waals surface area contributed by atoms with E-state index in [-0.39, 0.29) is 6.04 Å². The summed E-state index contributed by atoms with van der Waals surface area (Å²) in [6, 6.07) is 7.59. The number of likely N-dealkylation sites (tertiary alicyclic amines) is 1. The van der Waals surface area contributed by atoms with E-state index in [9.17, 15) is 8.42 Å². The van der Waals surface area contributed by atoms with E-state index in [4.69, 9.17) is 9.47 Å². The Morgan fingerprint density at radius 1 is 1.25 bits per heavy atom. The van der Waals surface area contributed by atoms with Gasteiger partial charge in [-0.15, -0.1) is 0 Å². The van der Waals surface area contributed by atoms with Gasteiger partial charge in [-0.05, 0) is 36.8 Å². The lowest BCUT2D eigenvalue weighted by Crippen LogP contribution is -2.40. The van der Waals surface area contributed by atoms with E-state index in [1.165, 1.54) is 19.1 Å². The molecule has 3 rings (SSSR count). The third-order valence-electron chi connectivity index (χ3n) is 4.75. The van der Waals surface area contributed by atoms with Gasteiger partial charge in [-0.3, -0.25) is 4.90 Å². The van der Waals surface area contributed by atoms with E-state index in [0.29, 0.717) is 18.4 Å². The number of nitrogens with zero attached hydrogens (tertiary/aromatic N) is 1. The molecule has 0 amide bonds. The zero-order valence-electron chi connectivity index (χ0n) is 14.3. The van der Waals surface area contributed by atoms with Crippen LogP contribution in [0.2, 0.25) is 0 Å². The summed E-state index contributed by atoms with van der Waals surface area (Å²) in [5, 5.41) is 0. The molecule has 6 nitrogen and oxygen atoms in total. The van der Waals surface area contributed by atoms with Crippen LogP contribution in [0.25, 0.3) is 0 Å². The van der Waals surface area contributed by atoms with Gasteiger partial charge in [0.2, 0.25) is 10.0 Å². The minimum atomic E-state index is -3.16. The number of nitrogens with one attached hydrogen (secondary N) is 1. The standard InChI is InChI=1S/C17H26N2O4S/c1-22-14-4-3-5-15(10-14)23-9-8-19-11-16(13-6-7-13)17(12-19)18-24(2,20)21/h3-5,10,13,16-18H,6-9,11-12H2,1-2H3. The van der Waals surface area contributed by atoms with Crippen LogP contribution in [0.15, 0.2) is 24.3 Å². The molecular formula is C17H26N2O4S. The fourth-order valence-electron chi connectivity index (χ4n) is 3.48. The Hall–Kier alpha value is -1.31. The van der Waals surface area contributed by atoms with Crippen molar-refractivity contribution in [3.63, 3.8) is 0 Å². The number of methoxy groups -OCH3 is 1. The zero-order chi connectivity index (χ0) is 17.2. The molecule has 2 unspecified atom stereocenters. The average molecular weight is 354 g/mol. The Morgan fingerprint density at radius 2 is 2.00 bits per heavy atom. The van der Waals surface area contributed by atoms with Crippen LogP contribution in [0.3, 0.4) is 0 Å².